The Bertz CT molecular complexity index is 1860. The van der Waals surface area contributed by atoms with Crippen LogP contribution in [0.3, 0.4) is 0 Å². The Labute approximate surface area is 270 Å². The first kappa shape index (κ1) is 32.6. The SMILES string of the molecule is COc1cc(/C=C2/C(C)=C(CC(=O)NCc3cccnc3)c3cc(F)ccc32)cc(OC)c1CCC(=O)Oc1ccc([N+](=O)[O-])cc1. The molecule has 10 nitrogen and oxygen atoms in total. The van der Waals surface area contributed by atoms with Gasteiger partial charge in [0.25, 0.3) is 5.69 Å². The summed E-state index contributed by atoms with van der Waals surface area (Å²) in [5.41, 5.74) is 6.04. The van der Waals surface area contributed by atoms with E-state index in [0.29, 0.717) is 29.2 Å². The first-order valence-corrected chi connectivity index (χ1v) is 14.7. The van der Waals surface area contributed by atoms with Crippen molar-refractivity contribution in [3.8, 4) is 17.2 Å². The highest BCUT2D eigenvalue weighted by Crippen LogP contribution is 2.44. The summed E-state index contributed by atoms with van der Waals surface area (Å²) >= 11 is 0. The molecular weight excluding hydrogens is 605 g/mol. The van der Waals surface area contributed by atoms with Gasteiger partial charge in [-0.3, -0.25) is 24.7 Å². The molecule has 0 atom stereocenters. The van der Waals surface area contributed by atoms with Crippen LogP contribution in [0.2, 0.25) is 0 Å². The Kier molecular flexibility index (Phi) is 10.0. The lowest BCUT2D eigenvalue weighted by molar-refractivity contribution is -0.384. The number of aromatic nitrogens is 1. The lowest BCUT2D eigenvalue weighted by Crippen LogP contribution is -2.22. The average molecular weight is 638 g/mol. The molecule has 0 spiro atoms. The number of allylic oxidation sites excluding steroid dienone is 2. The Morgan fingerprint density at radius 1 is 1.00 bits per heavy atom. The second kappa shape index (κ2) is 14.5. The normalized spacial score (nSPS) is 12.9. The van der Waals surface area contributed by atoms with Crippen LogP contribution in [0.25, 0.3) is 17.2 Å². The molecule has 240 valence electrons. The standard InChI is InChI=1S/C36H32FN3O7/c1-22-30(28-11-6-25(37)18-32(28)31(22)19-35(41)39-21-23-5-4-14-38-20-23)15-24-16-33(45-2)29(34(17-24)46-3)12-13-36(42)47-27-9-7-26(8-10-27)40(43)44/h4-11,14-18,20H,12-13,19,21H2,1-3H3,(H,39,41)/b30-15-. The Balaban J connectivity index is 1.37. The van der Waals surface area contributed by atoms with E-state index in [0.717, 1.165) is 33.4 Å². The number of nitro groups is 1. The van der Waals surface area contributed by atoms with Crippen molar-refractivity contribution in [1.82, 2.24) is 10.3 Å². The number of nitro benzene ring substituents is 1. The van der Waals surface area contributed by atoms with E-state index in [9.17, 15) is 24.1 Å². The maximum absolute atomic E-state index is 14.4. The molecule has 3 aromatic carbocycles. The first-order chi connectivity index (χ1) is 22.7. The van der Waals surface area contributed by atoms with E-state index < -0.39 is 16.7 Å². The molecule has 0 aliphatic heterocycles. The summed E-state index contributed by atoms with van der Waals surface area (Å²) in [6.45, 7) is 2.24. The fraction of sp³-hybridized carbons (Fsp3) is 0.194. The number of rotatable bonds is 12. The molecule has 0 saturated carbocycles. The number of hydrogen-bond donors (Lipinski definition) is 1. The van der Waals surface area contributed by atoms with E-state index >= 15 is 0 Å². The molecule has 0 unspecified atom stereocenters. The van der Waals surface area contributed by atoms with Gasteiger partial charge in [0.05, 0.1) is 32.0 Å². The lowest BCUT2D eigenvalue weighted by Gasteiger charge is -2.15. The molecule has 11 heteroatoms. The molecule has 0 fully saturated rings. The maximum atomic E-state index is 14.4. The van der Waals surface area contributed by atoms with Crippen LogP contribution in [-0.2, 0) is 22.6 Å². The molecule has 4 aromatic rings. The van der Waals surface area contributed by atoms with Gasteiger partial charge >= 0.3 is 5.97 Å². The number of nitrogens with one attached hydrogen (secondary N) is 1. The number of pyridine rings is 1. The zero-order valence-corrected chi connectivity index (χ0v) is 26.0. The smallest absolute Gasteiger partial charge is 0.311 e. The molecule has 0 bridgehead atoms. The number of carbonyl (C=O) groups excluding carboxylic acids is 2. The summed E-state index contributed by atoms with van der Waals surface area (Å²) in [6.07, 6.45) is 5.60. The second-order valence-electron chi connectivity index (χ2n) is 10.8. The molecule has 47 heavy (non-hydrogen) atoms. The van der Waals surface area contributed by atoms with Gasteiger partial charge in [-0.2, -0.15) is 0 Å². The molecule has 1 N–H and O–H groups in total. The van der Waals surface area contributed by atoms with Crippen molar-refractivity contribution in [3.05, 3.63) is 128 Å². The minimum Gasteiger partial charge on any atom is -0.496 e. The zero-order valence-electron chi connectivity index (χ0n) is 26.0. The number of hydrogen-bond acceptors (Lipinski definition) is 8. The summed E-state index contributed by atoms with van der Waals surface area (Å²) in [6, 6.07) is 17.1. The number of benzene rings is 3. The van der Waals surface area contributed by atoms with Crippen LogP contribution in [0.1, 0.15) is 47.6 Å². The van der Waals surface area contributed by atoms with E-state index in [1.807, 2.05) is 31.2 Å². The van der Waals surface area contributed by atoms with Crippen molar-refractivity contribution in [3.63, 3.8) is 0 Å². The maximum Gasteiger partial charge on any atom is 0.311 e. The fourth-order valence-electron chi connectivity index (χ4n) is 5.45. The summed E-state index contributed by atoms with van der Waals surface area (Å²) in [5.74, 6) is 0.0700. The van der Waals surface area contributed by atoms with Gasteiger partial charge in [-0.15, -0.1) is 0 Å². The Hall–Kier alpha value is -5.84. The van der Waals surface area contributed by atoms with Crippen LogP contribution in [0.4, 0.5) is 10.1 Å². The highest BCUT2D eigenvalue weighted by molar-refractivity contribution is 6.08. The topological polar surface area (TPSA) is 130 Å². The third-order valence-electron chi connectivity index (χ3n) is 7.80. The summed E-state index contributed by atoms with van der Waals surface area (Å²) < 4.78 is 31.1. The number of nitrogens with zero attached hydrogens (tertiary/aromatic N) is 2. The molecular formula is C36H32FN3O7. The molecule has 0 saturated heterocycles. The summed E-state index contributed by atoms with van der Waals surface area (Å²) in [7, 11) is 3.04. The largest absolute Gasteiger partial charge is 0.496 e. The van der Waals surface area contributed by atoms with Crippen LogP contribution in [0.15, 0.2) is 84.7 Å². The summed E-state index contributed by atoms with van der Waals surface area (Å²) in [5, 5.41) is 13.8. The van der Waals surface area contributed by atoms with Gasteiger partial charge in [0, 0.05) is 36.6 Å². The molecule has 1 aromatic heterocycles. The van der Waals surface area contributed by atoms with Gasteiger partial charge in [0.15, 0.2) is 0 Å². The number of carbonyl (C=O) groups is 2. The number of ether oxygens (including phenoxy) is 3. The molecule has 1 amide bonds. The minimum absolute atomic E-state index is 0.00284. The first-order valence-electron chi connectivity index (χ1n) is 14.7. The van der Waals surface area contributed by atoms with Gasteiger partial charge in [-0.05, 0) is 101 Å². The number of halogens is 1. The molecule has 5 rings (SSSR count). The number of fused-ring (bicyclic) bond motifs is 1. The predicted molar refractivity (Wildman–Crippen MR) is 174 cm³/mol. The van der Waals surface area contributed by atoms with E-state index in [4.69, 9.17) is 14.2 Å². The molecule has 1 aliphatic rings. The van der Waals surface area contributed by atoms with Gasteiger partial charge in [0.1, 0.15) is 23.1 Å². The quantitative estimate of drug-likeness (QED) is 0.0785. The van der Waals surface area contributed by atoms with Gasteiger partial charge in [0.2, 0.25) is 5.91 Å². The number of non-ortho nitro benzene ring substituents is 1. The van der Waals surface area contributed by atoms with Gasteiger partial charge in [-0.25, -0.2) is 4.39 Å². The molecule has 1 aliphatic carbocycles. The lowest BCUT2D eigenvalue weighted by atomic mass is 9.98. The Morgan fingerprint density at radius 3 is 2.36 bits per heavy atom. The zero-order chi connectivity index (χ0) is 33.5. The van der Waals surface area contributed by atoms with E-state index in [-0.39, 0.29) is 36.6 Å². The third-order valence-corrected chi connectivity index (χ3v) is 7.80. The number of esters is 1. The average Bonchev–Trinajstić information content (AvgIpc) is 3.31. The van der Waals surface area contributed by atoms with Crippen LogP contribution in [-0.4, -0.2) is 36.0 Å². The van der Waals surface area contributed by atoms with Crippen LogP contribution in [0.5, 0.6) is 17.2 Å². The number of amides is 1. The molecule has 0 radical (unpaired) electrons. The fourth-order valence-corrected chi connectivity index (χ4v) is 5.45. The van der Waals surface area contributed by atoms with Crippen molar-refractivity contribution in [2.75, 3.05) is 14.2 Å². The second-order valence-corrected chi connectivity index (χ2v) is 10.8. The van der Waals surface area contributed by atoms with Crippen molar-refractivity contribution < 1.29 is 33.1 Å². The molecule has 1 heterocycles. The van der Waals surface area contributed by atoms with Crippen molar-refractivity contribution in [1.29, 1.82) is 0 Å². The van der Waals surface area contributed by atoms with Gasteiger partial charge in [-0.1, -0.05) is 12.1 Å². The summed E-state index contributed by atoms with van der Waals surface area (Å²) in [4.78, 5) is 40.0. The van der Waals surface area contributed by atoms with Gasteiger partial charge < -0.3 is 19.5 Å². The Morgan fingerprint density at radius 2 is 1.72 bits per heavy atom. The highest BCUT2D eigenvalue weighted by atomic mass is 19.1. The van der Waals surface area contributed by atoms with E-state index in [2.05, 4.69) is 10.3 Å². The van der Waals surface area contributed by atoms with E-state index in [1.54, 1.807) is 24.5 Å². The van der Waals surface area contributed by atoms with Crippen molar-refractivity contribution >= 4 is 34.8 Å². The van der Waals surface area contributed by atoms with Crippen LogP contribution in [0, 0.1) is 15.9 Å². The number of methoxy groups -OCH3 is 2. The monoisotopic (exact) mass is 637 g/mol. The van der Waals surface area contributed by atoms with Crippen LogP contribution < -0.4 is 19.5 Å². The van der Waals surface area contributed by atoms with Crippen molar-refractivity contribution in [2.24, 2.45) is 0 Å². The van der Waals surface area contributed by atoms with Crippen molar-refractivity contribution in [2.45, 2.75) is 32.7 Å². The predicted octanol–water partition coefficient (Wildman–Crippen LogP) is 6.72. The highest BCUT2D eigenvalue weighted by Gasteiger charge is 2.26. The van der Waals surface area contributed by atoms with E-state index in [1.165, 1.54) is 50.6 Å². The van der Waals surface area contributed by atoms with Crippen LogP contribution >= 0.6 is 0 Å². The minimum atomic E-state index is -0.531. The third kappa shape index (κ3) is 7.70.